The number of carbonyl (C=O) groups excluding carboxylic acids is 1. The van der Waals surface area contributed by atoms with E-state index < -0.39 is 0 Å². The maximum Gasteiger partial charge on any atom is 0.234 e. The lowest BCUT2D eigenvalue weighted by molar-refractivity contribution is -0.122. The van der Waals surface area contributed by atoms with Gasteiger partial charge in [0.2, 0.25) is 5.91 Å². The van der Waals surface area contributed by atoms with E-state index in [1.165, 1.54) is 0 Å². The first-order valence-corrected chi connectivity index (χ1v) is 9.69. The van der Waals surface area contributed by atoms with Crippen LogP contribution in [0.3, 0.4) is 0 Å². The summed E-state index contributed by atoms with van der Waals surface area (Å²) in [5.41, 5.74) is 2.74. The van der Waals surface area contributed by atoms with E-state index in [0.717, 1.165) is 54.2 Å². The molecular formula is C22H25N3O3. The smallest absolute Gasteiger partial charge is 0.234 e. The van der Waals surface area contributed by atoms with Crippen molar-refractivity contribution in [3.05, 3.63) is 60.0 Å². The van der Waals surface area contributed by atoms with Crippen LogP contribution in [0.15, 0.2) is 52.9 Å². The zero-order chi connectivity index (χ0) is 19.3. The summed E-state index contributed by atoms with van der Waals surface area (Å²) >= 11 is 0. The molecule has 1 aliphatic rings. The van der Waals surface area contributed by atoms with Gasteiger partial charge in [-0.2, -0.15) is 0 Å². The van der Waals surface area contributed by atoms with Crippen molar-refractivity contribution in [1.82, 2.24) is 15.2 Å². The second-order valence-electron chi connectivity index (χ2n) is 7.16. The number of oxazole rings is 1. The lowest BCUT2D eigenvalue weighted by atomic mass is 9.97. The summed E-state index contributed by atoms with van der Waals surface area (Å²) in [7, 11) is 1.64. The minimum atomic E-state index is 0.0335. The molecule has 0 atom stereocenters. The molecule has 1 aliphatic heterocycles. The van der Waals surface area contributed by atoms with Gasteiger partial charge in [-0.1, -0.05) is 30.3 Å². The average Bonchev–Trinajstić information content (AvgIpc) is 3.17. The number of para-hydroxylation sites is 3. The van der Waals surface area contributed by atoms with Crippen molar-refractivity contribution in [2.75, 3.05) is 26.7 Å². The molecule has 0 aliphatic carbocycles. The van der Waals surface area contributed by atoms with Gasteiger partial charge in [0.15, 0.2) is 11.5 Å². The highest BCUT2D eigenvalue weighted by atomic mass is 16.5. The Labute approximate surface area is 164 Å². The first-order chi connectivity index (χ1) is 13.7. The van der Waals surface area contributed by atoms with Crippen molar-refractivity contribution in [3.63, 3.8) is 0 Å². The summed E-state index contributed by atoms with van der Waals surface area (Å²) in [6.45, 7) is 2.62. The van der Waals surface area contributed by atoms with E-state index in [-0.39, 0.29) is 5.91 Å². The van der Waals surface area contributed by atoms with Gasteiger partial charge in [-0.25, -0.2) is 4.98 Å². The average molecular weight is 379 g/mol. The number of carbonyl (C=O) groups is 1. The third-order valence-corrected chi connectivity index (χ3v) is 5.28. The molecule has 2 aromatic carbocycles. The van der Waals surface area contributed by atoms with Crippen LogP contribution in [0, 0.1) is 0 Å². The maximum absolute atomic E-state index is 12.3. The number of methoxy groups -OCH3 is 1. The molecule has 2 heterocycles. The lowest BCUT2D eigenvalue weighted by Crippen LogP contribution is -2.41. The van der Waals surface area contributed by atoms with Gasteiger partial charge in [-0.3, -0.25) is 9.69 Å². The molecule has 146 valence electrons. The number of ether oxygens (including phenoxy) is 1. The van der Waals surface area contributed by atoms with Gasteiger partial charge in [0.05, 0.1) is 13.7 Å². The van der Waals surface area contributed by atoms with Crippen LogP contribution >= 0.6 is 0 Å². The third-order valence-electron chi connectivity index (χ3n) is 5.28. The molecule has 1 aromatic heterocycles. The summed E-state index contributed by atoms with van der Waals surface area (Å²) in [4.78, 5) is 19.1. The molecule has 1 amide bonds. The predicted octanol–water partition coefficient (Wildman–Crippen LogP) is 3.33. The molecule has 6 heteroatoms. The molecule has 28 heavy (non-hydrogen) atoms. The SMILES string of the molecule is COc1ccccc1CNC(=O)CN1CCC(c2nc3ccccc3o2)CC1. The zero-order valence-electron chi connectivity index (χ0n) is 16.1. The van der Waals surface area contributed by atoms with Crippen molar-refractivity contribution < 1.29 is 13.9 Å². The van der Waals surface area contributed by atoms with Gasteiger partial charge >= 0.3 is 0 Å². The standard InChI is InChI=1S/C22H25N3O3/c1-27-19-8-4-2-6-17(19)14-23-21(26)15-25-12-10-16(11-13-25)22-24-18-7-3-5-9-20(18)28-22/h2-9,16H,10-15H2,1H3,(H,23,26). The van der Waals surface area contributed by atoms with Crippen LogP contribution in [0.5, 0.6) is 5.75 Å². The Hall–Kier alpha value is -2.86. The quantitative estimate of drug-likeness (QED) is 0.712. The van der Waals surface area contributed by atoms with Gasteiger partial charge in [0.25, 0.3) is 0 Å². The van der Waals surface area contributed by atoms with E-state index in [1.807, 2.05) is 48.5 Å². The minimum absolute atomic E-state index is 0.0335. The zero-order valence-corrected chi connectivity index (χ0v) is 16.1. The fourth-order valence-corrected chi connectivity index (χ4v) is 3.70. The second kappa shape index (κ2) is 8.44. The highest BCUT2D eigenvalue weighted by Gasteiger charge is 2.25. The van der Waals surface area contributed by atoms with Gasteiger partial charge in [-0.05, 0) is 44.1 Å². The molecular weight excluding hydrogens is 354 g/mol. The van der Waals surface area contributed by atoms with Gasteiger partial charge < -0.3 is 14.5 Å². The van der Waals surface area contributed by atoms with Gasteiger partial charge in [0, 0.05) is 18.0 Å². The van der Waals surface area contributed by atoms with E-state index in [1.54, 1.807) is 7.11 Å². The van der Waals surface area contributed by atoms with E-state index in [0.29, 0.717) is 19.0 Å². The molecule has 3 aromatic rings. The number of nitrogens with zero attached hydrogens (tertiary/aromatic N) is 2. The van der Waals surface area contributed by atoms with Crippen LogP contribution in [0.1, 0.15) is 30.2 Å². The molecule has 0 saturated carbocycles. The highest BCUT2D eigenvalue weighted by molar-refractivity contribution is 5.78. The topological polar surface area (TPSA) is 67.6 Å². The van der Waals surface area contributed by atoms with Crippen LogP contribution < -0.4 is 10.1 Å². The molecule has 0 unspecified atom stereocenters. The van der Waals surface area contributed by atoms with Crippen molar-refractivity contribution >= 4 is 17.0 Å². The second-order valence-corrected chi connectivity index (χ2v) is 7.16. The van der Waals surface area contributed by atoms with Crippen LogP contribution in [0.4, 0.5) is 0 Å². The minimum Gasteiger partial charge on any atom is -0.496 e. The number of aromatic nitrogens is 1. The Morgan fingerprint density at radius 3 is 2.71 bits per heavy atom. The fourth-order valence-electron chi connectivity index (χ4n) is 3.70. The van der Waals surface area contributed by atoms with Crippen LogP contribution in [-0.2, 0) is 11.3 Å². The Morgan fingerprint density at radius 1 is 1.18 bits per heavy atom. The van der Waals surface area contributed by atoms with Crippen LogP contribution in [-0.4, -0.2) is 42.5 Å². The number of rotatable bonds is 6. The number of benzene rings is 2. The summed E-state index contributed by atoms with van der Waals surface area (Å²) in [5.74, 6) is 1.97. The number of hydrogen-bond acceptors (Lipinski definition) is 5. The Morgan fingerprint density at radius 2 is 1.93 bits per heavy atom. The number of amides is 1. The first-order valence-electron chi connectivity index (χ1n) is 9.69. The van der Waals surface area contributed by atoms with Crippen molar-refractivity contribution in [2.24, 2.45) is 0 Å². The summed E-state index contributed by atoms with van der Waals surface area (Å²) in [6, 6.07) is 15.6. The normalized spacial score (nSPS) is 15.6. The fraction of sp³-hybridized carbons (Fsp3) is 0.364. The van der Waals surface area contributed by atoms with Crippen LogP contribution in [0.2, 0.25) is 0 Å². The number of nitrogens with one attached hydrogen (secondary N) is 1. The van der Waals surface area contributed by atoms with E-state index in [4.69, 9.17) is 9.15 Å². The molecule has 0 radical (unpaired) electrons. The molecule has 4 rings (SSSR count). The lowest BCUT2D eigenvalue weighted by Gasteiger charge is -2.29. The predicted molar refractivity (Wildman–Crippen MR) is 107 cm³/mol. The monoisotopic (exact) mass is 379 g/mol. The number of fused-ring (bicyclic) bond motifs is 1. The van der Waals surface area contributed by atoms with Crippen molar-refractivity contribution in [3.8, 4) is 5.75 Å². The largest absolute Gasteiger partial charge is 0.496 e. The van der Waals surface area contributed by atoms with E-state index in [9.17, 15) is 4.79 Å². The summed E-state index contributed by atoms with van der Waals surface area (Å²) < 4.78 is 11.2. The first kappa shape index (κ1) is 18.5. The molecule has 1 N–H and O–H groups in total. The molecule has 0 spiro atoms. The van der Waals surface area contributed by atoms with Gasteiger partial charge in [-0.15, -0.1) is 0 Å². The maximum atomic E-state index is 12.3. The van der Waals surface area contributed by atoms with Gasteiger partial charge in [0.1, 0.15) is 11.3 Å². The molecule has 6 nitrogen and oxygen atoms in total. The Bertz CT molecular complexity index is 912. The van der Waals surface area contributed by atoms with Crippen molar-refractivity contribution in [1.29, 1.82) is 0 Å². The highest BCUT2D eigenvalue weighted by Crippen LogP contribution is 2.29. The Kier molecular flexibility index (Phi) is 5.58. The summed E-state index contributed by atoms with van der Waals surface area (Å²) in [5, 5.41) is 2.99. The molecule has 1 fully saturated rings. The van der Waals surface area contributed by atoms with E-state index in [2.05, 4.69) is 15.2 Å². The Balaban J connectivity index is 1.26. The third kappa shape index (κ3) is 4.17. The number of hydrogen-bond donors (Lipinski definition) is 1. The van der Waals surface area contributed by atoms with Crippen LogP contribution in [0.25, 0.3) is 11.1 Å². The molecule has 0 bridgehead atoms. The molecule has 1 saturated heterocycles. The number of likely N-dealkylation sites (tertiary alicyclic amines) is 1. The number of piperidine rings is 1. The van der Waals surface area contributed by atoms with E-state index >= 15 is 0 Å². The summed E-state index contributed by atoms with van der Waals surface area (Å²) in [6.07, 6.45) is 1.90. The van der Waals surface area contributed by atoms with Crippen molar-refractivity contribution in [2.45, 2.75) is 25.3 Å².